The molecule has 4 atom stereocenters. The van der Waals surface area contributed by atoms with Gasteiger partial charge in [-0.3, -0.25) is 0 Å². The van der Waals surface area contributed by atoms with Crippen LogP contribution in [0.5, 0.6) is 0 Å². The van der Waals surface area contributed by atoms with Crippen molar-refractivity contribution in [1.29, 1.82) is 0 Å². The maximum Gasteiger partial charge on any atom is 0.165 e. The standard InChI is InChI=1S/C26H29FN6O2/c1-26(2)34-21-16(7-5-14-4-6-15-11-18(27)23(28)32-19(15)10-14)12-20(22(21)35-26)33-9-8-17-24(29-3)30-13-31-25(17)33/h4,6,8-11,13,16,20-22H,5,7,12H2,1-3H3,(H2,28,32)(H,29,30,31)/t16-,20+,21+,22-/m0/s1. The lowest BCUT2D eigenvalue weighted by molar-refractivity contribution is -0.160. The normalized spacial score (nSPS) is 25.4. The van der Waals surface area contributed by atoms with Crippen LogP contribution >= 0.6 is 0 Å². The number of nitrogen functional groups attached to an aromatic ring is 1. The van der Waals surface area contributed by atoms with E-state index in [1.54, 1.807) is 6.33 Å². The van der Waals surface area contributed by atoms with Crippen LogP contribution in [0.25, 0.3) is 21.9 Å². The number of anilines is 2. The number of ether oxygens (including phenoxy) is 2. The van der Waals surface area contributed by atoms with Gasteiger partial charge < -0.3 is 25.1 Å². The Labute approximate surface area is 202 Å². The zero-order chi connectivity index (χ0) is 24.3. The molecule has 9 heteroatoms. The molecule has 35 heavy (non-hydrogen) atoms. The van der Waals surface area contributed by atoms with Crippen molar-refractivity contribution in [3.63, 3.8) is 0 Å². The van der Waals surface area contributed by atoms with Crippen molar-refractivity contribution in [3.8, 4) is 0 Å². The maximum absolute atomic E-state index is 13.8. The Morgan fingerprint density at radius 1 is 1.17 bits per heavy atom. The molecule has 4 heterocycles. The van der Waals surface area contributed by atoms with E-state index in [-0.39, 0.29) is 24.1 Å². The topological polar surface area (TPSA) is 100 Å². The first kappa shape index (κ1) is 22.2. The monoisotopic (exact) mass is 476 g/mol. The SMILES string of the molecule is CNc1ncnc2c1ccn2[C@@H]1C[C@H](CCc2ccc3cc(F)c(N)nc3c2)[C@H]2OC(C)(C)O[C@H]21. The van der Waals surface area contributed by atoms with E-state index in [1.165, 1.54) is 6.07 Å². The molecule has 0 spiro atoms. The third-order valence-electron chi connectivity index (χ3n) is 7.32. The number of hydrogen-bond acceptors (Lipinski definition) is 7. The number of aromatic nitrogens is 4. The zero-order valence-corrected chi connectivity index (χ0v) is 20.0. The minimum absolute atomic E-state index is 0.00128. The Morgan fingerprint density at radius 2 is 2.00 bits per heavy atom. The number of nitrogens with one attached hydrogen (secondary N) is 1. The molecule has 2 fully saturated rings. The summed E-state index contributed by atoms with van der Waals surface area (Å²) in [5.41, 5.74) is 8.43. The fourth-order valence-electron chi connectivity index (χ4n) is 5.76. The predicted molar refractivity (Wildman–Crippen MR) is 132 cm³/mol. The number of fused-ring (bicyclic) bond motifs is 3. The fraction of sp³-hybridized carbons (Fsp3) is 0.423. The van der Waals surface area contributed by atoms with E-state index in [9.17, 15) is 4.39 Å². The summed E-state index contributed by atoms with van der Waals surface area (Å²) >= 11 is 0. The van der Waals surface area contributed by atoms with Gasteiger partial charge in [0, 0.05) is 18.6 Å². The number of hydrogen-bond donors (Lipinski definition) is 2. The highest BCUT2D eigenvalue weighted by molar-refractivity contribution is 5.87. The molecule has 8 nitrogen and oxygen atoms in total. The largest absolute Gasteiger partial charge is 0.381 e. The molecule has 182 valence electrons. The van der Waals surface area contributed by atoms with Gasteiger partial charge in [-0.05, 0) is 62.8 Å². The molecular formula is C26H29FN6O2. The summed E-state index contributed by atoms with van der Waals surface area (Å²) in [6.45, 7) is 3.96. The van der Waals surface area contributed by atoms with Gasteiger partial charge in [0.05, 0.1) is 23.0 Å². The van der Waals surface area contributed by atoms with Crippen LogP contribution in [-0.2, 0) is 15.9 Å². The van der Waals surface area contributed by atoms with Gasteiger partial charge in [0.15, 0.2) is 17.4 Å². The van der Waals surface area contributed by atoms with Crippen molar-refractivity contribution in [3.05, 3.63) is 54.2 Å². The van der Waals surface area contributed by atoms with Crippen LogP contribution in [0.4, 0.5) is 16.0 Å². The quantitative estimate of drug-likeness (QED) is 0.439. The summed E-state index contributed by atoms with van der Waals surface area (Å²) in [4.78, 5) is 13.1. The molecule has 0 bridgehead atoms. The molecule has 3 aromatic heterocycles. The highest BCUT2D eigenvalue weighted by Gasteiger charge is 2.54. The van der Waals surface area contributed by atoms with E-state index < -0.39 is 11.6 Å². The molecule has 3 N–H and O–H groups in total. The number of aryl methyl sites for hydroxylation is 1. The summed E-state index contributed by atoms with van der Waals surface area (Å²) in [5.74, 6) is -0.0571. The molecule has 1 saturated heterocycles. The van der Waals surface area contributed by atoms with Gasteiger partial charge >= 0.3 is 0 Å². The van der Waals surface area contributed by atoms with E-state index in [0.717, 1.165) is 47.1 Å². The Morgan fingerprint density at radius 3 is 2.83 bits per heavy atom. The molecule has 1 aromatic carbocycles. The van der Waals surface area contributed by atoms with Crippen molar-refractivity contribution in [2.75, 3.05) is 18.1 Å². The lowest BCUT2D eigenvalue weighted by atomic mass is 9.95. The number of nitrogens with two attached hydrogens (primary N) is 1. The second-order valence-corrected chi connectivity index (χ2v) is 9.98. The fourth-order valence-corrected chi connectivity index (χ4v) is 5.76. The van der Waals surface area contributed by atoms with Gasteiger partial charge in [-0.15, -0.1) is 0 Å². The van der Waals surface area contributed by atoms with Gasteiger partial charge in [0.2, 0.25) is 0 Å². The molecule has 4 aromatic rings. The van der Waals surface area contributed by atoms with Gasteiger partial charge in [-0.1, -0.05) is 12.1 Å². The van der Waals surface area contributed by atoms with Gasteiger partial charge in [-0.25, -0.2) is 19.3 Å². The number of benzene rings is 1. The second-order valence-electron chi connectivity index (χ2n) is 9.98. The van der Waals surface area contributed by atoms with E-state index in [0.29, 0.717) is 11.4 Å². The first-order valence-corrected chi connectivity index (χ1v) is 12.0. The van der Waals surface area contributed by atoms with Crippen molar-refractivity contribution >= 4 is 33.6 Å². The molecule has 0 unspecified atom stereocenters. The molecule has 6 rings (SSSR count). The molecule has 1 aliphatic carbocycles. The van der Waals surface area contributed by atoms with Crippen molar-refractivity contribution in [2.24, 2.45) is 5.92 Å². The van der Waals surface area contributed by atoms with Crippen molar-refractivity contribution in [1.82, 2.24) is 19.5 Å². The molecule has 1 aliphatic heterocycles. The number of pyridine rings is 1. The second kappa shape index (κ2) is 8.13. The molecular weight excluding hydrogens is 447 g/mol. The number of nitrogens with zero attached hydrogens (tertiary/aromatic N) is 4. The molecule has 0 radical (unpaired) electrons. The van der Waals surface area contributed by atoms with E-state index in [2.05, 4.69) is 37.1 Å². The van der Waals surface area contributed by atoms with Crippen LogP contribution in [0.1, 0.15) is 38.3 Å². The van der Waals surface area contributed by atoms with Crippen molar-refractivity contribution < 1.29 is 13.9 Å². The smallest absolute Gasteiger partial charge is 0.165 e. The third kappa shape index (κ3) is 3.79. The first-order chi connectivity index (χ1) is 16.8. The lowest BCUT2D eigenvalue weighted by Crippen LogP contribution is -2.27. The van der Waals surface area contributed by atoms with Crippen LogP contribution < -0.4 is 11.1 Å². The minimum atomic E-state index is -0.630. The Kier molecular flexibility index (Phi) is 5.16. The van der Waals surface area contributed by atoms with Crippen LogP contribution in [-0.4, -0.2) is 44.6 Å². The van der Waals surface area contributed by atoms with E-state index >= 15 is 0 Å². The Hall–Kier alpha value is -3.30. The summed E-state index contributed by atoms with van der Waals surface area (Å²) in [6.07, 6.45) is 6.35. The van der Waals surface area contributed by atoms with Gasteiger partial charge in [0.25, 0.3) is 0 Å². The lowest BCUT2D eigenvalue weighted by Gasteiger charge is -2.24. The first-order valence-electron chi connectivity index (χ1n) is 12.0. The van der Waals surface area contributed by atoms with E-state index in [1.807, 2.05) is 39.1 Å². The Bertz CT molecular complexity index is 1420. The number of halogens is 1. The van der Waals surface area contributed by atoms with Gasteiger partial charge in [0.1, 0.15) is 23.9 Å². The average Bonchev–Trinajstić information content (AvgIpc) is 3.49. The summed E-state index contributed by atoms with van der Waals surface area (Å²) in [6, 6.07) is 9.55. The third-order valence-corrected chi connectivity index (χ3v) is 7.32. The average molecular weight is 477 g/mol. The molecule has 0 amide bonds. The Balaban J connectivity index is 1.27. The summed E-state index contributed by atoms with van der Waals surface area (Å²) in [5, 5.41) is 4.89. The minimum Gasteiger partial charge on any atom is -0.381 e. The molecule has 2 aliphatic rings. The summed E-state index contributed by atoms with van der Waals surface area (Å²) < 4.78 is 28.8. The number of rotatable bonds is 5. The van der Waals surface area contributed by atoms with E-state index in [4.69, 9.17) is 15.2 Å². The van der Waals surface area contributed by atoms with Crippen LogP contribution in [0.15, 0.2) is 42.9 Å². The zero-order valence-electron chi connectivity index (χ0n) is 20.0. The van der Waals surface area contributed by atoms with Crippen LogP contribution in [0, 0.1) is 11.7 Å². The highest BCUT2D eigenvalue weighted by Crippen LogP contribution is 2.49. The van der Waals surface area contributed by atoms with Crippen LogP contribution in [0.2, 0.25) is 0 Å². The van der Waals surface area contributed by atoms with Gasteiger partial charge in [-0.2, -0.15) is 0 Å². The molecule has 1 saturated carbocycles. The predicted octanol–water partition coefficient (Wildman–Crippen LogP) is 4.46. The maximum atomic E-state index is 13.8. The highest BCUT2D eigenvalue weighted by atomic mass is 19.1. The van der Waals surface area contributed by atoms with Crippen molar-refractivity contribution in [2.45, 2.75) is 57.1 Å². The summed E-state index contributed by atoms with van der Waals surface area (Å²) in [7, 11) is 1.87. The van der Waals surface area contributed by atoms with Crippen LogP contribution in [0.3, 0.4) is 0 Å².